The smallest absolute Gasteiger partial charge is 0.250 e. The zero-order chi connectivity index (χ0) is 23.2. The molecular weight excluding hydrogens is 522 g/mol. The number of hydrazone groups is 1. The van der Waals surface area contributed by atoms with Crippen LogP contribution in [0.25, 0.3) is 17.1 Å². The Morgan fingerprint density at radius 1 is 1.06 bits per heavy atom. The molecule has 4 aromatic rings. The molecule has 33 heavy (non-hydrogen) atoms. The second kappa shape index (κ2) is 10.8. The van der Waals surface area contributed by atoms with Crippen LogP contribution >= 0.6 is 39.3 Å². The number of halogens is 2. The topological polar surface area (TPSA) is 72.2 Å². The summed E-state index contributed by atoms with van der Waals surface area (Å²) in [6, 6.07) is 23.1. The highest BCUT2D eigenvalue weighted by molar-refractivity contribution is 9.10. The van der Waals surface area contributed by atoms with E-state index in [-0.39, 0.29) is 11.7 Å². The molecule has 1 amide bonds. The molecular formula is C24H19BrClN5OS. The molecule has 1 N–H and O–H groups in total. The van der Waals surface area contributed by atoms with E-state index in [9.17, 15) is 4.79 Å². The van der Waals surface area contributed by atoms with Gasteiger partial charge in [0.05, 0.1) is 12.0 Å². The van der Waals surface area contributed by atoms with Crippen molar-refractivity contribution in [1.82, 2.24) is 20.2 Å². The number of carbonyl (C=O) groups is 1. The minimum atomic E-state index is -0.236. The largest absolute Gasteiger partial charge is 0.272 e. The zero-order valence-electron chi connectivity index (χ0n) is 17.6. The summed E-state index contributed by atoms with van der Waals surface area (Å²) in [6.45, 7) is 2.03. The molecule has 0 saturated carbocycles. The van der Waals surface area contributed by atoms with Crippen molar-refractivity contribution in [2.75, 3.05) is 5.75 Å². The molecule has 0 atom stereocenters. The second-order valence-corrected chi connectivity index (χ2v) is 9.41. The zero-order valence-corrected chi connectivity index (χ0v) is 20.7. The average Bonchev–Trinajstić information content (AvgIpc) is 3.24. The highest BCUT2D eigenvalue weighted by Gasteiger charge is 2.17. The Morgan fingerprint density at radius 2 is 1.76 bits per heavy atom. The van der Waals surface area contributed by atoms with Gasteiger partial charge in [-0.2, -0.15) is 5.10 Å². The number of aromatic nitrogens is 3. The van der Waals surface area contributed by atoms with Crippen molar-refractivity contribution in [3.05, 3.63) is 93.4 Å². The van der Waals surface area contributed by atoms with Crippen molar-refractivity contribution in [2.45, 2.75) is 12.1 Å². The molecule has 0 aliphatic rings. The quantitative estimate of drug-likeness (QED) is 0.180. The number of rotatable bonds is 7. The lowest BCUT2D eigenvalue weighted by Gasteiger charge is -2.10. The number of benzene rings is 3. The van der Waals surface area contributed by atoms with Crippen molar-refractivity contribution in [1.29, 1.82) is 0 Å². The van der Waals surface area contributed by atoms with Gasteiger partial charge in [0.15, 0.2) is 11.0 Å². The van der Waals surface area contributed by atoms with Crippen LogP contribution in [-0.4, -0.2) is 32.6 Å². The maximum Gasteiger partial charge on any atom is 0.250 e. The van der Waals surface area contributed by atoms with Gasteiger partial charge in [0.1, 0.15) is 0 Å². The van der Waals surface area contributed by atoms with Crippen molar-refractivity contribution in [3.63, 3.8) is 0 Å². The number of aryl methyl sites for hydroxylation is 1. The monoisotopic (exact) mass is 539 g/mol. The van der Waals surface area contributed by atoms with Gasteiger partial charge in [-0.05, 0) is 61.0 Å². The summed E-state index contributed by atoms with van der Waals surface area (Å²) < 4.78 is 2.92. The number of amides is 1. The van der Waals surface area contributed by atoms with Crippen LogP contribution in [-0.2, 0) is 4.79 Å². The van der Waals surface area contributed by atoms with Crippen LogP contribution in [0.5, 0.6) is 0 Å². The van der Waals surface area contributed by atoms with E-state index in [0.29, 0.717) is 16.0 Å². The van der Waals surface area contributed by atoms with Crippen molar-refractivity contribution in [2.24, 2.45) is 5.10 Å². The van der Waals surface area contributed by atoms with Gasteiger partial charge < -0.3 is 0 Å². The number of hydrogen-bond acceptors (Lipinski definition) is 5. The molecule has 0 aliphatic carbocycles. The Balaban J connectivity index is 1.51. The summed E-state index contributed by atoms with van der Waals surface area (Å²) >= 11 is 10.7. The second-order valence-electron chi connectivity index (χ2n) is 7.12. The first-order chi connectivity index (χ1) is 16.0. The predicted octanol–water partition coefficient (Wildman–Crippen LogP) is 5.90. The van der Waals surface area contributed by atoms with E-state index in [1.54, 1.807) is 6.21 Å². The van der Waals surface area contributed by atoms with E-state index in [0.717, 1.165) is 26.9 Å². The third-order valence-corrected chi connectivity index (χ3v) is 6.34. The van der Waals surface area contributed by atoms with Crippen molar-refractivity contribution < 1.29 is 4.79 Å². The number of thioether (sulfide) groups is 1. The lowest BCUT2D eigenvalue weighted by atomic mass is 10.2. The van der Waals surface area contributed by atoms with Crippen LogP contribution in [0.15, 0.2) is 87.5 Å². The molecule has 0 bridgehead atoms. The predicted molar refractivity (Wildman–Crippen MR) is 137 cm³/mol. The first kappa shape index (κ1) is 23.2. The molecule has 9 heteroatoms. The third-order valence-electron chi connectivity index (χ3n) is 4.63. The first-order valence-electron chi connectivity index (χ1n) is 9.98. The van der Waals surface area contributed by atoms with Gasteiger partial charge in [-0.3, -0.25) is 9.36 Å². The summed E-state index contributed by atoms with van der Waals surface area (Å²) in [4.78, 5) is 12.3. The molecule has 0 unspecified atom stereocenters. The molecule has 6 nitrogen and oxygen atoms in total. The summed E-state index contributed by atoms with van der Waals surface area (Å²) in [7, 11) is 0. The Bertz CT molecular complexity index is 1270. The highest BCUT2D eigenvalue weighted by atomic mass is 79.9. The molecule has 1 aromatic heterocycles. The van der Waals surface area contributed by atoms with Gasteiger partial charge >= 0.3 is 0 Å². The van der Waals surface area contributed by atoms with Gasteiger partial charge in [0, 0.05) is 20.7 Å². The van der Waals surface area contributed by atoms with E-state index >= 15 is 0 Å². The maximum atomic E-state index is 12.3. The summed E-state index contributed by atoms with van der Waals surface area (Å²) in [5.41, 5.74) is 6.38. The van der Waals surface area contributed by atoms with Crippen LogP contribution in [0.1, 0.15) is 11.1 Å². The fraction of sp³-hybridized carbons (Fsp3) is 0.0833. The van der Waals surface area contributed by atoms with Crippen LogP contribution < -0.4 is 5.43 Å². The van der Waals surface area contributed by atoms with E-state index < -0.39 is 0 Å². The standard InChI is InChI=1S/C24H19BrClN5OS/c1-16-2-12-21(13-3-16)31-23(18-6-10-20(26)11-7-18)29-30-24(31)33-15-22(32)28-27-14-17-4-8-19(25)9-5-17/h2-14H,15H2,1H3,(H,28,32). The van der Waals surface area contributed by atoms with Crippen molar-refractivity contribution in [3.8, 4) is 17.1 Å². The van der Waals surface area contributed by atoms with Gasteiger partial charge in [0.2, 0.25) is 0 Å². The average molecular weight is 541 g/mol. The number of nitrogens with one attached hydrogen (secondary N) is 1. The fourth-order valence-electron chi connectivity index (χ4n) is 2.97. The molecule has 4 rings (SSSR count). The lowest BCUT2D eigenvalue weighted by Crippen LogP contribution is -2.20. The normalized spacial score (nSPS) is 11.1. The molecule has 166 valence electrons. The first-order valence-corrected chi connectivity index (χ1v) is 12.1. The minimum absolute atomic E-state index is 0.141. The van der Waals surface area contributed by atoms with E-state index in [2.05, 4.69) is 36.7 Å². The number of carbonyl (C=O) groups excluding carboxylic acids is 1. The maximum absolute atomic E-state index is 12.3. The SMILES string of the molecule is Cc1ccc(-n2c(SCC(=O)NN=Cc3ccc(Br)cc3)nnc2-c2ccc(Cl)cc2)cc1. The highest BCUT2D eigenvalue weighted by Crippen LogP contribution is 2.28. The van der Waals surface area contributed by atoms with Crippen LogP contribution in [0.4, 0.5) is 0 Å². The van der Waals surface area contributed by atoms with Gasteiger partial charge in [0.25, 0.3) is 5.91 Å². The van der Waals surface area contributed by atoms with Crippen molar-refractivity contribution >= 4 is 51.4 Å². The molecule has 3 aromatic carbocycles. The molecule has 1 heterocycles. The van der Waals surface area contributed by atoms with E-state index in [1.807, 2.05) is 84.3 Å². The van der Waals surface area contributed by atoms with E-state index in [1.165, 1.54) is 11.8 Å². The lowest BCUT2D eigenvalue weighted by molar-refractivity contribution is -0.118. The summed E-state index contributed by atoms with van der Waals surface area (Å²) in [5, 5.41) is 14.0. The van der Waals surface area contributed by atoms with Crippen LogP contribution in [0.2, 0.25) is 5.02 Å². The Labute approximate surface area is 209 Å². The molecule has 0 fully saturated rings. The molecule has 0 spiro atoms. The van der Waals surface area contributed by atoms with Crippen LogP contribution in [0, 0.1) is 6.92 Å². The molecule has 0 saturated heterocycles. The van der Waals surface area contributed by atoms with Gasteiger partial charge in [-0.1, -0.05) is 69.1 Å². The summed E-state index contributed by atoms with van der Waals surface area (Å²) in [6.07, 6.45) is 1.60. The van der Waals surface area contributed by atoms with Gasteiger partial charge in [-0.25, -0.2) is 5.43 Å². The fourth-order valence-corrected chi connectivity index (χ4v) is 4.10. The van der Waals surface area contributed by atoms with E-state index in [4.69, 9.17) is 11.6 Å². The molecule has 0 aliphatic heterocycles. The van der Waals surface area contributed by atoms with Gasteiger partial charge in [-0.15, -0.1) is 10.2 Å². The summed E-state index contributed by atoms with van der Waals surface area (Å²) in [5.74, 6) is 0.578. The Morgan fingerprint density at radius 3 is 2.45 bits per heavy atom. The third kappa shape index (κ3) is 6.10. The molecule has 0 radical (unpaired) electrons. The number of hydrogen-bond donors (Lipinski definition) is 1. The Kier molecular flexibility index (Phi) is 7.59. The number of nitrogens with zero attached hydrogens (tertiary/aromatic N) is 4. The Hall–Kier alpha value is -2.94. The minimum Gasteiger partial charge on any atom is -0.272 e. The van der Waals surface area contributed by atoms with Crippen LogP contribution in [0.3, 0.4) is 0 Å².